The van der Waals surface area contributed by atoms with Gasteiger partial charge in [-0.15, -0.1) is 0 Å². The van der Waals surface area contributed by atoms with Crippen LogP contribution in [0.25, 0.3) is 11.4 Å². The molecule has 1 amide bonds. The van der Waals surface area contributed by atoms with Gasteiger partial charge in [-0.3, -0.25) is 9.69 Å². The fraction of sp³-hybridized carbons (Fsp3) is 0.350. The number of piperazine rings is 1. The number of aromatic nitrogens is 3. The maximum absolute atomic E-state index is 12.9. The van der Waals surface area contributed by atoms with Gasteiger partial charge in [0, 0.05) is 45.0 Å². The second kappa shape index (κ2) is 7.94. The van der Waals surface area contributed by atoms with Crippen molar-refractivity contribution in [1.82, 2.24) is 24.5 Å². The monoisotopic (exact) mass is 419 g/mol. The maximum atomic E-state index is 12.9. The summed E-state index contributed by atoms with van der Waals surface area (Å²) in [6, 6.07) is 8.46. The summed E-state index contributed by atoms with van der Waals surface area (Å²) in [5.41, 5.74) is 0.134. The highest BCUT2D eigenvalue weighted by Crippen LogP contribution is 2.31. The van der Waals surface area contributed by atoms with Gasteiger partial charge in [0.25, 0.3) is 5.91 Å². The molecule has 1 aliphatic rings. The van der Waals surface area contributed by atoms with Gasteiger partial charge in [-0.05, 0) is 24.3 Å². The molecule has 0 spiro atoms. The number of amides is 1. The van der Waals surface area contributed by atoms with E-state index in [1.54, 1.807) is 15.5 Å². The average Bonchev–Trinajstić information content (AvgIpc) is 3.36. The second-order valence-corrected chi connectivity index (χ2v) is 7.16. The van der Waals surface area contributed by atoms with E-state index in [-0.39, 0.29) is 17.3 Å². The summed E-state index contributed by atoms with van der Waals surface area (Å²) in [4.78, 5) is 20.7. The lowest BCUT2D eigenvalue weighted by Crippen LogP contribution is -2.48. The van der Waals surface area contributed by atoms with Crippen molar-refractivity contribution >= 4 is 5.91 Å². The highest BCUT2D eigenvalue weighted by molar-refractivity contribution is 5.92. The zero-order valence-electron chi connectivity index (χ0n) is 16.3. The smallest absolute Gasteiger partial charge is 0.347 e. The van der Waals surface area contributed by atoms with Crippen LogP contribution in [-0.2, 0) is 19.8 Å². The second-order valence-electron chi connectivity index (χ2n) is 7.16. The molecule has 1 aromatic carbocycles. The minimum Gasteiger partial charge on any atom is -0.347 e. The molecule has 3 aromatic rings. The number of rotatable bonds is 4. The summed E-state index contributed by atoms with van der Waals surface area (Å²) in [5, 5.41) is 3.81. The van der Waals surface area contributed by atoms with Crippen LogP contribution in [0.2, 0.25) is 0 Å². The molecule has 0 radical (unpaired) electrons. The van der Waals surface area contributed by atoms with Crippen molar-refractivity contribution in [3.8, 4) is 11.4 Å². The first-order valence-electron chi connectivity index (χ1n) is 9.44. The number of alkyl halides is 3. The van der Waals surface area contributed by atoms with E-state index >= 15 is 0 Å². The lowest BCUT2D eigenvalue weighted by Gasteiger charge is -2.33. The summed E-state index contributed by atoms with van der Waals surface area (Å²) < 4.78 is 45.7. The van der Waals surface area contributed by atoms with E-state index in [0.717, 1.165) is 12.1 Å². The zero-order chi connectivity index (χ0) is 21.3. The van der Waals surface area contributed by atoms with Crippen molar-refractivity contribution in [2.45, 2.75) is 12.7 Å². The minimum atomic E-state index is -4.43. The number of carbonyl (C=O) groups excluding carboxylic acids is 1. The third-order valence-corrected chi connectivity index (χ3v) is 5.10. The van der Waals surface area contributed by atoms with Gasteiger partial charge in [0.2, 0.25) is 11.7 Å². The Morgan fingerprint density at radius 3 is 2.57 bits per heavy atom. The van der Waals surface area contributed by atoms with Crippen LogP contribution < -0.4 is 0 Å². The molecular formula is C20H20F3N5O2. The van der Waals surface area contributed by atoms with Gasteiger partial charge in [0.1, 0.15) is 5.69 Å². The number of hydrogen-bond donors (Lipinski definition) is 0. The van der Waals surface area contributed by atoms with Crippen LogP contribution in [0, 0.1) is 0 Å². The van der Waals surface area contributed by atoms with Crippen molar-refractivity contribution < 1.29 is 22.5 Å². The molecule has 0 N–H and O–H groups in total. The number of aryl methyl sites for hydroxylation is 1. The van der Waals surface area contributed by atoms with Gasteiger partial charge >= 0.3 is 6.18 Å². The molecule has 0 aliphatic carbocycles. The predicted molar refractivity (Wildman–Crippen MR) is 101 cm³/mol. The molecule has 10 heteroatoms. The molecule has 158 valence electrons. The Labute approximate surface area is 170 Å². The average molecular weight is 419 g/mol. The van der Waals surface area contributed by atoms with Crippen LogP contribution >= 0.6 is 0 Å². The Bertz CT molecular complexity index is 1030. The third kappa shape index (κ3) is 4.23. The van der Waals surface area contributed by atoms with Crippen molar-refractivity contribution in [3.63, 3.8) is 0 Å². The van der Waals surface area contributed by atoms with E-state index in [9.17, 15) is 18.0 Å². The van der Waals surface area contributed by atoms with Gasteiger partial charge in [0.15, 0.2) is 0 Å². The van der Waals surface area contributed by atoms with Crippen LogP contribution in [0.5, 0.6) is 0 Å². The molecule has 3 heterocycles. The fourth-order valence-corrected chi connectivity index (χ4v) is 3.42. The largest absolute Gasteiger partial charge is 0.416 e. The van der Waals surface area contributed by atoms with Gasteiger partial charge in [-0.2, -0.15) is 18.2 Å². The van der Waals surface area contributed by atoms with Gasteiger partial charge in [-0.1, -0.05) is 17.3 Å². The molecule has 1 aliphatic heterocycles. The molecule has 0 atom stereocenters. The highest BCUT2D eigenvalue weighted by atomic mass is 19.4. The summed E-state index contributed by atoms with van der Waals surface area (Å²) in [5.74, 6) is 0.435. The van der Waals surface area contributed by atoms with Gasteiger partial charge < -0.3 is 14.0 Å². The molecule has 0 saturated carbocycles. The quantitative estimate of drug-likeness (QED) is 0.650. The zero-order valence-corrected chi connectivity index (χ0v) is 16.3. The predicted octanol–water partition coefficient (Wildman–Crippen LogP) is 3.05. The Balaban J connectivity index is 1.36. The SMILES string of the molecule is Cn1cccc1C(=O)N1CCN(Cc2nc(-c3cccc(C(F)(F)F)c3)no2)CC1. The Hall–Kier alpha value is -3.14. The van der Waals surface area contributed by atoms with Crippen LogP contribution in [0.1, 0.15) is 21.9 Å². The highest BCUT2D eigenvalue weighted by Gasteiger charge is 2.31. The number of benzene rings is 1. The number of hydrogen-bond acceptors (Lipinski definition) is 5. The minimum absolute atomic E-state index is 0.00762. The van der Waals surface area contributed by atoms with Crippen LogP contribution in [-0.4, -0.2) is 56.6 Å². The topological polar surface area (TPSA) is 67.4 Å². The maximum Gasteiger partial charge on any atom is 0.416 e. The van der Waals surface area contributed by atoms with Crippen molar-refractivity contribution in [2.24, 2.45) is 7.05 Å². The fourth-order valence-electron chi connectivity index (χ4n) is 3.42. The van der Waals surface area contributed by atoms with Crippen LogP contribution in [0.3, 0.4) is 0 Å². The van der Waals surface area contributed by atoms with E-state index in [0.29, 0.717) is 44.3 Å². The lowest BCUT2D eigenvalue weighted by atomic mass is 10.1. The Morgan fingerprint density at radius 1 is 1.13 bits per heavy atom. The Morgan fingerprint density at radius 2 is 1.90 bits per heavy atom. The van der Waals surface area contributed by atoms with E-state index in [4.69, 9.17) is 4.52 Å². The molecular weight excluding hydrogens is 399 g/mol. The van der Waals surface area contributed by atoms with Crippen molar-refractivity contribution in [1.29, 1.82) is 0 Å². The van der Waals surface area contributed by atoms with Crippen LogP contribution in [0.15, 0.2) is 47.1 Å². The van der Waals surface area contributed by atoms with E-state index < -0.39 is 11.7 Å². The first kappa shape index (κ1) is 20.1. The summed E-state index contributed by atoms with van der Waals surface area (Å²) in [6.45, 7) is 2.78. The van der Waals surface area contributed by atoms with Crippen molar-refractivity contribution in [2.75, 3.05) is 26.2 Å². The van der Waals surface area contributed by atoms with E-state index in [1.807, 2.05) is 19.3 Å². The summed E-state index contributed by atoms with van der Waals surface area (Å²) in [6.07, 6.45) is -2.60. The lowest BCUT2D eigenvalue weighted by molar-refractivity contribution is -0.137. The van der Waals surface area contributed by atoms with Crippen molar-refractivity contribution in [3.05, 3.63) is 59.7 Å². The first-order chi connectivity index (χ1) is 14.3. The summed E-state index contributed by atoms with van der Waals surface area (Å²) in [7, 11) is 1.83. The number of carbonyl (C=O) groups is 1. The third-order valence-electron chi connectivity index (χ3n) is 5.10. The van der Waals surface area contributed by atoms with Gasteiger partial charge in [0.05, 0.1) is 12.1 Å². The Kier molecular flexibility index (Phi) is 5.33. The number of halogens is 3. The van der Waals surface area contributed by atoms with E-state index in [1.165, 1.54) is 12.1 Å². The van der Waals surface area contributed by atoms with Crippen LogP contribution in [0.4, 0.5) is 13.2 Å². The standard InChI is InChI=1S/C20H20F3N5O2/c1-26-7-3-6-16(26)19(29)28-10-8-27(9-11-28)13-17-24-18(25-30-17)14-4-2-5-15(12-14)20(21,22)23/h2-7,12H,8-11,13H2,1H3. The molecule has 2 aromatic heterocycles. The molecule has 4 rings (SSSR count). The molecule has 1 saturated heterocycles. The molecule has 1 fully saturated rings. The number of nitrogens with zero attached hydrogens (tertiary/aromatic N) is 5. The first-order valence-corrected chi connectivity index (χ1v) is 9.44. The molecule has 7 nitrogen and oxygen atoms in total. The molecule has 0 unspecified atom stereocenters. The van der Waals surface area contributed by atoms with Gasteiger partial charge in [-0.25, -0.2) is 0 Å². The summed E-state index contributed by atoms with van der Waals surface area (Å²) >= 11 is 0. The normalized spacial score (nSPS) is 15.5. The molecule has 30 heavy (non-hydrogen) atoms. The van der Waals surface area contributed by atoms with E-state index in [2.05, 4.69) is 15.0 Å². The molecule has 0 bridgehead atoms.